The van der Waals surface area contributed by atoms with Crippen molar-refractivity contribution in [2.24, 2.45) is 0 Å². The Morgan fingerprint density at radius 3 is 2.68 bits per heavy atom. The smallest absolute Gasteiger partial charge is 0.341 e. The number of hydrogen-bond acceptors (Lipinski definition) is 4. The molecule has 1 heterocycles. The van der Waals surface area contributed by atoms with Crippen LogP contribution in [0.3, 0.4) is 0 Å². The van der Waals surface area contributed by atoms with E-state index in [1.807, 2.05) is 13.8 Å². The molecule has 0 amide bonds. The predicted octanol–water partition coefficient (Wildman–Crippen LogP) is 3.43. The summed E-state index contributed by atoms with van der Waals surface area (Å²) < 4.78 is 5.07. The molecule has 1 saturated carbocycles. The van der Waals surface area contributed by atoms with Crippen LogP contribution in [0.5, 0.6) is 0 Å². The third kappa shape index (κ3) is 3.11. The molecule has 19 heavy (non-hydrogen) atoms. The van der Waals surface area contributed by atoms with Crippen LogP contribution >= 0.6 is 0 Å². The molecule has 1 aliphatic rings. The summed E-state index contributed by atoms with van der Waals surface area (Å²) in [5.41, 5.74) is 1.33. The molecule has 0 aliphatic heterocycles. The molecule has 0 spiro atoms. The number of nitrogens with zero attached hydrogens (tertiary/aromatic N) is 2. The molecule has 0 saturated heterocycles. The average Bonchev–Trinajstić information content (AvgIpc) is 2.92. The number of carbonyl (C=O) groups excluding carboxylic acids is 1. The molecule has 1 fully saturated rings. The van der Waals surface area contributed by atoms with Gasteiger partial charge in [-0.15, -0.1) is 0 Å². The Morgan fingerprint density at radius 2 is 2.11 bits per heavy atom. The second kappa shape index (κ2) is 6.13. The van der Waals surface area contributed by atoms with Crippen LogP contribution in [0.4, 0.5) is 0 Å². The lowest BCUT2D eigenvalue weighted by molar-refractivity contribution is 0.0523. The van der Waals surface area contributed by atoms with Crippen molar-refractivity contribution in [2.75, 3.05) is 6.61 Å². The van der Waals surface area contributed by atoms with E-state index in [1.54, 1.807) is 13.1 Å². The topological polar surface area (TPSA) is 52.1 Å². The lowest BCUT2D eigenvalue weighted by Gasteiger charge is -2.14. The Kier molecular flexibility index (Phi) is 4.51. The van der Waals surface area contributed by atoms with Crippen molar-refractivity contribution in [2.45, 2.75) is 58.3 Å². The molecule has 2 rings (SSSR count). The van der Waals surface area contributed by atoms with Gasteiger partial charge in [-0.25, -0.2) is 14.8 Å². The SMILES string of the molecule is CCOC(=O)c1cnc(C2CCCC2)nc1C(C)C. The summed E-state index contributed by atoms with van der Waals surface area (Å²) in [6, 6.07) is 0. The minimum absolute atomic E-state index is 0.197. The lowest BCUT2D eigenvalue weighted by Crippen LogP contribution is -2.14. The minimum atomic E-state index is -0.316. The van der Waals surface area contributed by atoms with E-state index in [-0.39, 0.29) is 11.9 Å². The molecule has 4 heteroatoms. The highest BCUT2D eigenvalue weighted by Crippen LogP contribution is 2.32. The van der Waals surface area contributed by atoms with Crippen molar-refractivity contribution < 1.29 is 9.53 Å². The largest absolute Gasteiger partial charge is 0.462 e. The highest BCUT2D eigenvalue weighted by atomic mass is 16.5. The Morgan fingerprint density at radius 1 is 1.42 bits per heavy atom. The average molecular weight is 262 g/mol. The third-order valence-corrected chi connectivity index (χ3v) is 3.60. The van der Waals surface area contributed by atoms with Crippen LogP contribution in [0, 0.1) is 0 Å². The maximum absolute atomic E-state index is 11.9. The Bertz CT molecular complexity index is 451. The molecule has 0 bridgehead atoms. The van der Waals surface area contributed by atoms with Gasteiger partial charge in [0.15, 0.2) is 0 Å². The normalized spacial score (nSPS) is 16.0. The van der Waals surface area contributed by atoms with E-state index in [9.17, 15) is 4.79 Å². The van der Waals surface area contributed by atoms with E-state index in [1.165, 1.54) is 12.8 Å². The number of esters is 1. The summed E-state index contributed by atoms with van der Waals surface area (Å²) >= 11 is 0. The molecule has 0 aromatic carbocycles. The van der Waals surface area contributed by atoms with Crippen molar-refractivity contribution >= 4 is 5.97 Å². The first-order valence-corrected chi connectivity index (χ1v) is 7.17. The number of ether oxygens (including phenoxy) is 1. The third-order valence-electron chi connectivity index (χ3n) is 3.60. The summed E-state index contributed by atoms with van der Waals surface area (Å²) in [5, 5.41) is 0. The molecule has 0 unspecified atom stereocenters. The van der Waals surface area contributed by atoms with Crippen LogP contribution in [-0.4, -0.2) is 22.5 Å². The standard InChI is InChI=1S/C15H22N2O2/c1-4-19-15(18)12-9-16-14(11-7-5-6-8-11)17-13(12)10(2)3/h9-11H,4-8H2,1-3H3. The van der Waals surface area contributed by atoms with Crippen LogP contribution in [0.2, 0.25) is 0 Å². The van der Waals surface area contributed by atoms with Crippen LogP contribution < -0.4 is 0 Å². The second-order valence-corrected chi connectivity index (χ2v) is 5.38. The summed E-state index contributed by atoms with van der Waals surface area (Å²) in [6.07, 6.45) is 6.48. The zero-order valence-corrected chi connectivity index (χ0v) is 12.0. The van der Waals surface area contributed by atoms with Crippen molar-refractivity contribution in [3.05, 3.63) is 23.3 Å². The summed E-state index contributed by atoms with van der Waals surface area (Å²) in [5.74, 6) is 1.25. The van der Waals surface area contributed by atoms with Gasteiger partial charge in [-0.05, 0) is 25.7 Å². The molecular formula is C15H22N2O2. The number of aromatic nitrogens is 2. The van der Waals surface area contributed by atoms with Crippen molar-refractivity contribution in [1.82, 2.24) is 9.97 Å². The van der Waals surface area contributed by atoms with E-state index in [2.05, 4.69) is 9.97 Å². The zero-order chi connectivity index (χ0) is 13.8. The molecular weight excluding hydrogens is 240 g/mol. The van der Waals surface area contributed by atoms with Crippen LogP contribution in [0.1, 0.15) is 80.2 Å². The predicted molar refractivity (Wildman–Crippen MR) is 73.3 cm³/mol. The van der Waals surface area contributed by atoms with E-state index >= 15 is 0 Å². The van der Waals surface area contributed by atoms with Gasteiger partial charge in [-0.1, -0.05) is 26.7 Å². The fourth-order valence-electron chi connectivity index (χ4n) is 2.60. The summed E-state index contributed by atoms with van der Waals surface area (Å²) in [4.78, 5) is 20.9. The first-order valence-electron chi connectivity index (χ1n) is 7.17. The molecule has 0 radical (unpaired) electrons. The van der Waals surface area contributed by atoms with Crippen LogP contribution in [0.25, 0.3) is 0 Å². The molecule has 1 aliphatic carbocycles. The van der Waals surface area contributed by atoms with Gasteiger partial charge < -0.3 is 4.74 Å². The number of hydrogen-bond donors (Lipinski definition) is 0. The molecule has 104 valence electrons. The van der Waals surface area contributed by atoms with E-state index in [0.29, 0.717) is 18.1 Å². The molecule has 1 aromatic heterocycles. The van der Waals surface area contributed by atoms with Crippen molar-refractivity contribution in [1.29, 1.82) is 0 Å². The molecule has 0 atom stereocenters. The Labute approximate surface area is 114 Å². The Hall–Kier alpha value is -1.45. The minimum Gasteiger partial charge on any atom is -0.462 e. The van der Waals surface area contributed by atoms with Crippen LogP contribution in [-0.2, 0) is 4.74 Å². The van der Waals surface area contributed by atoms with Gasteiger partial charge in [0.2, 0.25) is 0 Å². The highest BCUT2D eigenvalue weighted by Gasteiger charge is 2.23. The lowest BCUT2D eigenvalue weighted by atomic mass is 10.0. The van der Waals surface area contributed by atoms with E-state index in [4.69, 9.17) is 4.74 Å². The number of carbonyl (C=O) groups is 1. The van der Waals surface area contributed by atoms with Crippen molar-refractivity contribution in [3.8, 4) is 0 Å². The van der Waals surface area contributed by atoms with Crippen LogP contribution in [0.15, 0.2) is 6.20 Å². The first-order chi connectivity index (χ1) is 9.13. The van der Waals surface area contributed by atoms with Gasteiger partial charge in [0.1, 0.15) is 5.82 Å². The zero-order valence-electron chi connectivity index (χ0n) is 12.0. The van der Waals surface area contributed by atoms with Crippen molar-refractivity contribution in [3.63, 3.8) is 0 Å². The van der Waals surface area contributed by atoms with Gasteiger partial charge in [0.05, 0.1) is 17.9 Å². The van der Waals surface area contributed by atoms with E-state index in [0.717, 1.165) is 24.4 Å². The number of rotatable bonds is 4. The highest BCUT2D eigenvalue weighted by molar-refractivity contribution is 5.90. The van der Waals surface area contributed by atoms with Gasteiger partial charge in [0, 0.05) is 12.1 Å². The summed E-state index contributed by atoms with van der Waals surface area (Å²) in [7, 11) is 0. The maximum Gasteiger partial charge on any atom is 0.341 e. The van der Waals surface area contributed by atoms with Gasteiger partial charge in [-0.2, -0.15) is 0 Å². The van der Waals surface area contributed by atoms with Gasteiger partial charge >= 0.3 is 5.97 Å². The second-order valence-electron chi connectivity index (χ2n) is 5.38. The van der Waals surface area contributed by atoms with Gasteiger partial charge in [-0.3, -0.25) is 0 Å². The fraction of sp³-hybridized carbons (Fsp3) is 0.667. The molecule has 4 nitrogen and oxygen atoms in total. The quantitative estimate of drug-likeness (QED) is 0.780. The van der Waals surface area contributed by atoms with Gasteiger partial charge in [0.25, 0.3) is 0 Å². The monoisotopic (exact) mass is 262 g/mol. The summed E-state index contributed by atoms with van der Waals surface area (Å²) in [6.45, 7) is 6.27. The van der Waals surface area contributed by atoms with E-state index < -0.39 is 0 Å². The molecule has 1 aromatic rings. The molecule has 0 N–H and O–H groups in total. The Balaban J connectivity index is 2.31. The first kappa shape index (κ1) is 14.0. The fourth-order valence-corrected chi connectivity index (χ4v) is 2.60. The maximum atomic E-state index is 11.9.